The van der Waals surface area contributed by atoms with Crippen molar-refractivity contribution in [2.24, 2.45) is 0 Å². The van der Waals surface area contributed by atoms with Gasteiger partial charge in [-0.1, -0.05) is 12.1 Å². The summed E-state index contributed by atoms with van der Waals surface area (Å²) in [6.07, 6.45) is 0. The molecule has 1 aromatic heterocycles. The molecule has 0 unspecified atom stereocenters. The van der Waals surface area contributed by atoms with Crippen LogP contribution in [0.2, 0.25) is 0 Å². The van der Waals surface area contributed by atoms with Gasteiger partial charge in [0.2, 0.25) is 0 Å². The topological polar surface area (TPSA) is 45.5 Å². The van der Waals surface area contributed by atoms with E-state index >= 15 is 0 Å². The maximum absolute atomic E-state index is 13.7. The molecule has 0 aliphatic carbocycles. The number of hydrogen-bond acceptors (Lipinski definition) is 3. The number of nitrogens with zero attached hydrogens (tertiary/aromatic N) is 1. The molecule has 1 N–H and O–H groups in total. The van der Waals surface area contributed by atoms with Gasteiger partial charge in [0.15, 0.2) is 5.76 Å². The molecule has 0 radical (unpaired) electrons. The third kappa shape index (κ3) is 3.25. The molecule has 4 nitrogen and oxygen atoms in total. The second-order valence-electron chi connectivity index (χ2n) is 4.69. The average molecular weight is 311 g/mol. The lowest BCUT2D eigenvalue weighted by Gasteiger charge is -2.26. The molecule has 1 aromatic carbocycles. The maximum atomic E-state index is 13.7. The van der Waals surface area contributed by atoms with Gasteiger partial charge >= 0.3 is 0 Å². The van der Waals surface area contributed by atoms with Gasteiger partial charge in [-0.25, -0.2) is 4.39 Å². The number of benzene rings is 1. The highest BCUT2D eigenvalue weighted by Crippen LogP contribution is 2.25. The molecule has 1 aliphatic heterocycles. The summed E-state index contributed by atoms with van der Waals surface area (Å²) >= 11 is 0. The molecule has 0 spiro atoms. The molecule has 0 bridgehead atoms. The van der Waals surface area contributed by atoms with Crippen molar-refractivity contribution in [2.75, 3.05) is 26.2 Å². The van der Waals surface area contributed by atoms with E-state index in [2.05, 4.69) is 5.32 Å². The van der Waals surface area contributed by atoms with Crippen molar-refractivity contribution >= 4 is 18.3 Å². The van der Waals surface area contributed by atoms with Crippen molar-refractivity contribution in [1.82, 2.24) is 10.2 Å². The van der Waals surface area contributed by atoms with Crippen molar-refractivity contribution in [3.8, 4) is 11.3 Å². The zero-order chi connectivity index (χ0) is 13.9. The molecule has 21 heavy (non-hydrogen) atoms. The normalized spacial score (nSPS) is 14.6. The summed E-state index contributed by atoms with van der Waals surface area (Å²) in [6, 6.07) is 9.59. The van der Waals surface area contributed by atoms with Gasteiger partial charge in [-0.2, -0.15) is 0 Å². The minimum Gasteiger partial charge on any atom is -0.451 e. The summed E-state index contributed by atoms with van der Waals surface area (Å²) in [4.78, 5) is 14.0. The van der Waals surface area contributed by atoms with Gasteiger partial charge in [-0.15, -0.1) is 12.4 Å². The summed E-state index contributed by atoms with van der Waals surface area (Å²) in [7, 11) is 0. The van der Waals surface area contributed by atoms with Crippen LogP contribution in [0.15, 0.2) is 40.8 Å². The standard InChI is InChI=1S/C15H15FN2O2.ClH/c16-12-4-2-1-3-11(12)13-5-6-14(20-13)15(19)18-9-7-17-8-10-18;/h1-6,17H,7-10H2;1H. The van der Waals surface area contributed by atoms with Crippen LogP contribution >= 0.6 is 12.4 Å². The summed E-state index contributed by atoms with van der Waals surface area (Å²) in [6.45, 7) is 2.89. The van der Waals surface area contributed by atoms with E-state index in [1.54, 1.807) is 35.2 Å². The molecule has 1 aliphatic rings. The number of hydrogen-bond donors (Lipinski definition) is 1. The van der Waals surface area contributed by atoms with Crippen LogP contribution in [-0.2, 0) is 0 Å². The van der Waals surface area contributed by atoms with E-state index in [9.17, 15) is 9.18 Å². The highest BCUT2D eigenvalue weighted by Gasteiger charge is 2.21. The number of halogens is 2. The zero-order valence-corrected chi connectivity index (χ0v) is 12.2. The lowest BCUT2D eigenvalue weighted by molar-refractivity contribution is 0.0704. The van der Waals surface area contributed by atoms with E-state index in [-0.39, 0.29) is 29.9 Å². The van der Waals surface area contributed by atoms with Crippen LogP contribution in [0.5, 0.6) is 0 Å². The smallest absolute Gasteiger partial charge is 0.289 e. The lowest BCUT2D eigenvalue weighted by Crippen LogP contribution is -2.46. The Kier molecular flexibility index (Phi) is 4.98. The van der Waals surface area contributed by atoms with E-state index in [1.807, 2.05) is 0 Å². The fraction of sp³-hybridized carbons (Fsp3) is 0.267. The summed E-state index contributed by atoms with van der Waals surface area (Å²) in [5.41, 5.74) is 0.367. The minimum atomic E-state index is -0.358. The Hall–Kier alpha value is -1.85. The first-order chi connectivity index (χ1) is 9.75. The molecule has 3 rings (SSSR count). The number of nitrogens with one attached hydrogen (secondary N) is 1. The van der Waals surface area contributed by atoms with E-state index < -0.39 is 0 Å². The largest absolute Gasteiger partial charge is 0.451 e. The highest BCUT2D eigenvalue weighted by atomic mass is 35.5. The Morgan fingerprint density at radius 3 is 2.57 bits per heavy atom. The van der Waals surface area contributed by atoms with E-state index in [1.165, 1.54) is 6.07 Å². The molecule has 1 fully saturated rings. The summed E-state index contributed by atoms with van der Waals surface area (Å²) < 4.78 is 19.2. The third-order valence-electron chi connectivity index (χ3n) is 3.36. The van der Waals surface area contributed by atoms with Crippen molar-refractivity contribution in [3.05, 3.63) is 48.0 Å². The predicted octanol–water partition coefficient (Wildman–Crippen LogP) is 2.55. The lowest BCUT2D eigenvalue weighted by atomic mass is 10.1. The Morgan fingerprint density at radius 1 is 1.14 bits per heavy atom. The van der Waals surface area contributed by atoms with Gasteiger partial charge < -0.3 is 14.6 Å². The van der Waals surface area contributed by atoms with Crippen molar-refractivity contribution in [1.29, 1.82) is 0 Å². The fourth-order valence-corrected chi connectivity index (χ4v) is 2.28. The molecular formula is C15H16ClFN2O2. The number of piperazine rings is 1. The number of amides is 1. The summed E-state index contributed by atoms with van der Waals surface area (Å²) in [5, 5.41) is 3.19. The monoisotopic (exact) mass is 310 g/mol. The fourth-order valence-electron chi connectivity index (χ4n) is 2.28. The molecule has 6 heteroatoms. The van der Waals surface area contributed by atoms with Crippen LogP contribution in [0, 0.1) is 5.82 Å². The molecule has 1 amide bonds. The number of rotatable bonds is 2. The molecule has 0 saturated carbocycles. The second-order valence-corrected chi connectivity index (χ2v) is 4.69. The van der Waals surface area contributed by atoms with Crippen LogP contribution in [0.25, 0.3) is 11.3 Å². The van der Waals surface area contributed by atoms with Gasteiger partial charge in [0, 0.05) is 26.2 Å². The van der Waals surface area contributed by atoms with Crippen LogP contribution in [0.3, 0.4) is 0 Å². The second kappa shape index (κ2) is 6.74. The SMILES string of the molecule is Cl.O=C(c1ccc(-c2ccccc2F)o1)N1CCNCC1. The summed E-state index contributed by atoms with van der Waals surface area (Å²) in [5.74, 6) is 0.129. The van der Waals surface area contributed by atoms with E-state index in [0.29, 0.717) is 24.4 Å². The van der Waals surface area contributed by atoms with Crippen molar-refractivity contribution in [3.63, 3.8) is 0 Å². The Balaban J connectivity index is 0.00000161. The Labute approximate surface area is 128 Å². The quantitative estimate of drug-likeness (QED) is 0.927. The Bertz CT molecular complexity index is 624. The first-order valence-electron chi connectivity index (χ1n) is 6.60. The van der Waals surface area contributed by atoms with Crippen LogP contribution in [0.4, 0.5) is 4.39 Å². The third-order valence-corrected chi connectivity index (χ3v) is 3.36. The Morgan fingerprint density at radius 2 is 1.86 bits per heavy atom. The van der Waals surface area contributed by atoms with Gasteiger partial charge in [0.05, 0.1) is 5.56 Å². The number of carbonyl (C=O) groups is 1. The molecule has 2 aromatic rings. The van der Waals surface area contributed by atoms with Crippen LogP contribution in [-0.4, -0.2) is 37.0 Å². The number of furan rings is 1. The molecular weight excluding hydrogens is 295 g/mol. The first-order valence-corrected chi connectivity index (χ1v) is 6.60. The van der Waals surface area contributed by atoms with E-state index in [4.69, 9.17) is 4.42 Å². The molecule has 0 atom stereocenters. The average Bonchev–Trinajstić information content (AvgIpc) is 2.97. The molecule has 112 valence electrons. The van der Waals surface area contributed by atoms with Gasteiger partial charge in [-0.05, 0) is 24.3 Å². The van der Waals surface area contributed by atoms with Crippen molar-refractivity contribution < 1.29 is 13.6 Å². The maximum Gasteiger partial charge on any atom is 0.289 e. The number of carbonyl (C=O) groups excluding carboxylic acids is 1. The van der Waals surface area contributed by atoms with Crippen LogP contribution < -0.4 is 5.32 Å². The van der Waals surface area contributed by atoms with E-state index in [0.717, 1.165) is 13.1 Å². The van der Waals surface area contributed by atoms with Gasteiger partial charge in [0.25, 0.3) is 5.91 Å². The van der Waals surface area contributed by atoms with Gasteiger partial charge in [0.1, 0.15) is 11.6 Å². The van der Waals surface area contributed by atoms with Gasteiger partial charge in [-0.3, -0.25) is 4.79 Å². The molecule has 2 heterocycles. The predicted molar refractivity (Wildman–Crippen MR) is 80.1 cm³/mol. The minimum absolute atomic E-state index is 0. The highest BCUT2D eigenvalue weighted by molar-refractivity contribution is 5.92. The molecule has 1 saturated heterocycles. The van der Waals surface area contributed by atoms with Crippen LogP contribution in [0.1, 0.15) is 10.6 Å². The zero-order valence-electron chi connectivity index (χ0n) is 11.3. The van der Waals surface area contributed by atoms with Crippen molar-refractivity contribution in [2.45, 2.75) is 0 Å². The first kappa shape index (κ1) is 15.5.